The van der Waals surface area contributed by atoms with E-state index in [9.17, 15) is 4.79 Å². The molecule has 2 aromatic rings. The summed E-state index contributed by atoms with van der Waals surface area (Å²) in [5, 5.41) is 1.12. The molecule has 2 aromatic carbocycles. The Labute approximate surface area is 200 Å². The fraction of sp³-hybridized carbons (Fsp3) is 0.480. The predicted octanol–water partition coefficient (Wildman–Crippen LogP) is 5.21. The third-order valence-electron chi connectivity index (χ3n) is 6.28. The number of piperazine rings is 1. The van der Waals surface area contributed by atoms with Gasteiger partial charge in [0.2, 0.25) is 0 Å². The van der Waals surface area contributed by atoms with Crippen LogP contribution in [0.4, 0.5) is 5.69 Å². The molecule has 2 saturated heterocycles. The van der Waals surface area contributed by atoms with Gasteiger partial charge in [0.25, 0.3) is 5.91 Å². The van der Waals surface area contributed by atoms with Gasteiger partial charge >= 0.3 is 0 Å². The highest BCUT2D eigenvalue weighted by molar-refractivity contribution is 6.43. The van der Waals surface area contributed by atoms with E-state index in [1.165, 1.54) is 32.4 Å². The molecule has 2 aliphatic heterocycles. The van der Waals surface area contributed by atoms with E-state index in [0.717, 1.165) is 37.5 Å². The predicted molar refractivity (Wildman–Crippen MR) is 131 cm³/mol. The van der Waals surface area contributed by atoms with Crippen molar-refractivity contribution >= 4 is 34.8 Å². The van der Waals surface area contributed by atoms with Gasteiger partial charge in [0.1, 0.15) is 5.75 Å². The Morgan fingerprint density at radius 2 is 1.59 bits per heavy atom. The molecule has 0 atom stereocenters. The molecule has 2 aliphatic rings. The number of rotatable bonds is 7. The first-order valence-electron chi connectivity index (χ1n) is 11.6. The summed E-state index contributed by atoms with van der Waals surface area (Å²) in [4.78, 5) is 19.5. The Morgan fingerprint density at radius 3 is 2.31 bits per heavy atom. The van der Waals surface area contributed by atoms with Crippen molar-refractivity contribution in [3.05, 3.63) is 58.1 Å². The largest absolute Gasteiger partial charge is 0.494 e. The Balaban J connectivity index is 1.23. The number of anilines is 1. The van der Waals surface area contributed by atoms with Gasteiger partial charge in [-0.1, -0.05) is 35.7 Å². The van der Waals surface area contributed by atoms with Gasteiger partial charge in [-0.15, -0.1) is 0 Å². The molecule has 4 rings (SSSR count). The molecule has 0 saturated carbocycles. The molecule has 172 valence electrons. The molecule has 1 amide bonds. The van der Waals surface area contributed by atoms with Crippen LogP contribution in [0, 0.1) is 0 Å². The standard InChI is InChI=1S/C25H31Cl2N3O2/c26-22-6-4-7-23(24(22)27)29-15-17-30(18-16-29)25(31)20-8-10-21(11-9-20)32-19-5-14-28-12-2-1-3-13-28/h4,6-11H,1-3,5,12-19H2. The van der Waals surface area contributed by atoms with Crippen LogP contribution in [0.2, 0.25) is 10.0 Å². The molecular formula is C25H31Cl2N3O2. The maximum Gasteiger partial charge on any atom is 0.253 e. The average molecular weight is 476 g/mol. The second kappa shape index (κ2) is 11.3. The van der Waals surface area contributed by atoms with Crippen LogP contribution in [-0.2, 0) is 0 Å². The van der Waals surface area contributed by atoms with Crippen molar-refractivity contribution in [1.82, 2.24) is 9.80 Å². The molecule has 5 nitrogen and oxygen atoms in total. The summed E-state index contributed by atoms with van der Waals surface area (Å²) in [6.45, 7) is 7.00. The number of halogens is 2. The van der Waals surface area contributed by atoms with E-state index in [1.807, 2.05) is 41.3 Å². The van der Waals surface area contributed by atoms with Crippen molar-refractivity contribution < 1.29 is 9.53 Å². The molecule has 0 aliphatic carbocycles. The molecule has 2 heterocycles. The third kappa shape index (κ3) is 5.89. The fourth-order valence-electron chi connectivity index (χ4n) is 4.42. The van der Waals surface area contributed by atoms with Gasteiger partial charge < -0.3 is 19.4 Å². The highest BCUT2D eigenvalue weighted by Crippen LogP contribution is 2.33. The number of likely N-dealkylation sites (tertiary alicyclic amines) is 1. The summed E-state index contributed by atoms with van der Waals surface area (Å²) in [5.41, 5.74) is 1.62. The topological polar surface area (TPSA) is 36.0 Å². The fourth-order valence-corrected chi connectivity index (χ4v) is 4.84. The number of nitrogens with zero attached hydrogens (tertiary/aromatic N) is 3. The lowest BCUT2D eigenvalue weighted by atomic mass is 10.1. The zero-order valence-corrected chi connectivity index (χ0v) is 20.0. The molecule has 0 unspecified atom stereocenters. The van der Waals surface area contributed by atoms with Gasteiger partial charge in [-0.2, -0.15) is 0 Å². The summed E-state index contributed by atoms with van der Waals surface area (Å²) in [6.07, 6.45) is 5.03. The number of hydrogen-bond donors (Lipinski definition) is 0. The maximum absolute atomic E-state index is 12.9. The van der Waals surface area contributed by atoms with E-state index in [4.69, 9.17) is 27.9 Å². The second-order valence-electron chi connectivity index (χ2n) is 8.48. The van der Waals surface area contributed by atoms with Crippen LogP contribution in [0.15, 0.2) is 42.5 Å². The van der Waals surface area contributed by atoms with Gasteiger partial charge in [-0.25, -0.2) is 0 Å². The lowest BCUT2D eigenvalue weighted by molar-refractivity contribution is 0.0747. The Bertz CT molecular complexity index is 893. The van der Waals surface area contributed by atoms with Crippen LogP contribution in [0.5, 0.6) is 5.75 Å². The van der Waals surface area contributed by atoms with Crippen molar-refractivity contribution in [2.45, 2.75) is 25.7 Å². The zero-order valence-electron chi connectivity index (χ0n) is 18.4. The first kappa shape index (κ1) is 23.2. The SMILES string of the molecule is O=C(c1ccc(OCCCN2CCCCC2)cc1)N1CCN(c2cccc(Cl)c2Cl)CC1. The minimum absolute atomic E-state index is 0.0542. The van der Waals surface area contributed by atoms with E-state index < -0.39 is 0 Å². The molecule has 0 spiro atoms. The summed E-state index contributed by atoms with van der Waals surface area (Å²) in [7, 11) is 0. The lowest BCUT2D eigenvalue weighted by Gasteiger charge is -2.36. The highest BCUT2D eigenvalue weighted by atomic mass is 35.5. The third-order valence-corrected chi connectivity index (χ3v) is 7.09. The number of hydrogen-bond acceptors (Lipinski definition) is 4. The number of carbonyl (C=O) groups excluding carboxylic acids is 1. The summed E-state index contributed by atoms with van der Waals surface area (Å²) in [5.74, 6) is 0.874. The van der Waals surface area contributed by atoms with Gasteiger partial charge in [0, 0.05) is 38.3 Å². The van der Waals surface area contributed by atoms with Gasteiger partial charge in [-0.3, -0.25) is 4.79 Å². The number of benzene rings is 2. The Morgan fingerprint density at radius 1 is 0.875 bits per heavy atom. The lowest BCUT2D eigenvalue weighted by Crippen LogP contribution is -2.48. The minimum atomic E-state index is 0.0542. The van der Waals surface area contributed by atoms with Crippen molar-refractivity contribution in [3.8, 4) is 5.75 Å². The van der Waals surface area contributed by atoms with Gasteiger partial charge in [-0.05, 0) is 68.8 Å². The van der Waals surface area contributed by atoms with Crippen LogP contribution in [-0.4, -0.2) is 68.1 Å². The van der Waals surface area contributed by atoms with Crippen LogP contribution in [0.25, 0.3) is 0 Å². The second-order valence-corrected chi connectivity index (χ2v) is 9.27. The molecule has 0 aromatic heterocycles. The monoisotopic (exact) mass is 475 g/mol. The molecule has 2 fully saturated rings. The average Bonchev–Trinajstić information content (AvgIpc) is 2.84. The van der Waals surface area contributed by atoms with Crippen LogP contribution < -0.4 is 9.64 Å². The normalized spacial score (nSPS) is 17.4. The quantitative estimate of drug-likeness (QED) is 0.514. The number of amides is 1. The highest BCUT2D eigenvalue weighted by Gasteiger charge is 2.23. The Kier molecular flexibility index (Phi) is 8.17. The van der Waals surface area contributed by atoms with Crippen molar-refractivity contribution in [3.63, 3.8) is 0 Å². The van der Waals surface area contributed by atoms with Crippen LogP contribution in [0.1, 0.15) is 36.0 Å². The van der Waals surface area contributed by atoms with Crippen molar-refractivity contribution in [1.29, 1.82) is 0 Å². The molecule has 32 heavy (non-hydrogen) atoms. The minimum Gasteiger partial charge on any atom is -0.494 e. The first-order valence-corrected chi connectivity index (χ1v) is 12.3. The van der Waals surface area contributed by atoms with Crippen molar-refractivity contribution in [2.75, 3.05) is 57.3 Å². The maximum atomic E-state index is 12.9. The number of carbonyl (C=O) groups is 1. The molecular weight excluding hydrogens is 445 g/mol. The number of ether oxygens (including phenoxy) is 1. The summed E-state index contributed by atoms with van der Waals surface area (Å²) in [6, 6.07) is 13.2. The molecule has 0 radical (unpaired) electrons. The van der Waals surface area contributed by atoms with E-state index in [2.05, 4.69) is 9.80 Å². The number of piperidine rings is 1. The van der Waals surface area contributed by atoms with Gasteiger partial charge in [0.15, 0.2) is 0 Å². The van der Waals surface area contributed by atoms with Crippen LogP contribution >= 0.6 is 23.2 Å². The van der Waals surface area contributed by atoms with E-state index >= 15 is 0 Å². The summed E-state index contributed by atoms with van der Waals surface area (Å²) >= 11 is 12.5. The first-order chi connectivity index (χ1) is 15.6. The smallest absolute Gasteiger partial charge is 0.253 e. The van der Waals surface area contributed by atoms with E-state index in [-0.39, 0.29) is 5.91 Å². The zero-order chi connectivity index (χ0) is 22.3. The van der Waals surface area contributed by atoms with Crippen LogP contribution in [0.3, 0.4) is 0 Å². The van der Waals surface area contributed by atoms with E-state index in [0.29, 0.717) is 35.3 Å². The molecule has 0 N–H and O–H groups in total. The van der Waals surface area contributed by atoms with Crippen molar-refractivity contribution in [2.24, 2.45) is 0 Å². The van der Waals surface area contributed by atoms with E-state index in [1.54, 1.807) is 6.07 Å². The van der Waals surface area contributed by atoms with Gasteiger partial charge in [0.05, 0.1) is 22.3 Å². The molecule has 7 heteroatoms. The Hall–Kier alpha value is -1.95. The molecule has 0 bridgehead atoms. The summed E-state index contributed by atoms with van der Waals surface area (Å²) < 4.78 is 5.88.